The van der Waals surface area contributed by atoms with Crippen LogP contribution in [0, 0.1) is 0 Å². The van der Waals surface area contributed by atoms with Gasteiger partial charge in [-0.15, -0.1) is 0 Å². The van der Waals surface area contributed by atoms with Crippen molar-refractivity contribution >= 4 is 0 Å². The molecule has 0 aliphatic rings. The molecule has 2 atom stereocenters. The highest BCUT2D eigenvalue weighted by atomic mass is 15.2. The van der Waals surface area contributed by atoms with Gasteiger partial charge in [0.25, 0.3) is 0 Å². The minimum absolute atomic E-state index is 0.640. The van der Waals surface area contributed by atoms with Crippen molar-refractivity contribution in [3.05, 3.63) is 0 Å². The fourth-order valence-corrected chi connectivity index (χ4v) is 1.55. The Morgan fingerprint density at radius 1 is 1.15 bits per heavy atom. The largest absolute Gasteiger partial charge is 0.315 e. The first-order valence-electron chi connectivity index (χ1n) is 5.56. The maximum absolute atomic E-state index is 3.38. The van der Waals surface area contributed by atoms with Crippen LogP contribution >= 0.6 is 0 Å². The van der Waals surface area contributed by atoms with Crippen LogP contribution in [0.25, 0.3) is 0 Å². The number of nitrogens with one attached hydrogen (secondary N) is 1. The van der Waals surface area contributed by atoms with Gasteiger partial charge in [-0.3, -0.25) is 4.90 Å². The van der Waals surface area contributed by atoms with Gasteiger partial charge >= 0.3 is 0 Å². The molecule has 0 fully saturated rings. The van der Waals surface area contributed by atoms with Gasteiger partial charge in [-0.25, -0.2) is 0 Å². The van der Waals surface area contributed by atoms with E-state index in [0.717, 1.165) is 13.1 Å². The Balaban J connectivity index is 3.71. The zero-order valence-electron chi connectivity index (χ0n) is 9.93. The summed E-state index contributed by atoms with van der Waals surface area (Å²) in [6, 6.07) is 1.35. The van der Waals surface area contributed by atoms with Crippen LogP contribution in [0.5, 0.6) is 0 Å². The van der Waals surface area contributed by atoms with Gasteiger partial charge in [0, 0.05) is 18.6 Å². The van der Waals surface area contributed by atoms with E-state index < -0.39 is 0 Å². The normalized spacial score (nSPS) is 16.2. The van der Waals surface area contributed by atoms with E-state index >= 15 is 0 Å². The van der Waals surface area contributed by atoms with E-state index in [2.05, 4.69) is 45.0 Å². The first-order valence-corrected chi connectivity index (χ1v) is 5.56. The summed E-state index contributed by atoms with van der Waals surface area (Å²) in [5, 5.41) is 3.38. The lowest BCUT2D eigenvalue weighted by molar-refractivity contribution is 0.183. The number of hydrogen-bond acceptors (Lipinski definition) is 2. The molecule has 13 heavy (non-hydrogen) atoms. The lowest BCUT2D eigenvalue weighted by Gasteiger charge is -2.30. The quantitative estimate of drug-likeness (QED) is 0.655. The SMILES string of the molecule is CCCC(C)N(C)C(C)CNCC. The van der Waals surface area contributed by atoms with Crippen molar-refractivity contribution in [1.82, 2.24) is 10.2 Å². The number of rotatable bonds is 7. The van der Waals surface area contributed by atoms with Gasteiger partial charge in [-0.2, -0.15) is 0 Å². The van der Waals surface area contributed by atoms with Crippen molar-refractivity contribution in [3.8, 4) is 0 Å². The van der Waals surface area contributed by atoms with Gasteiger partial charge in [0.2, 0.25) is 0 Å². The fourth-order valence-electron chi connectivity index (χ4n) is 1.55. The molecule has 0 amide bonds. The monoisotopic (exact) mass is 186 g/mol. The summed E-state index contributed by atoms with van der Waals surface area (Å²) in [5.41, 5.74) is 0. The standard InChI is InChI=1S/C11H26N2/c1-6-8-10(3)13(5)11(4)9-12-7-2/h10-12H,6-9H2,1-5H3. The average molecular weight is 186 g/mol. The Morgan fingerprint density at radius 3 is 2.23 bits per heavy atom. The molecular formula is C11H26N2. The Kier molecular flexibility index (Phi) is 7.29. The van der Waals surface area contributed by atoms with E-state index in [4.69, 9.17) is 0 Å². The summed E-state index contributed by atoms with van der Waals surface area (Å²) in [4.78, 5) is 2.46. The minimum Gasteiger partial charge on any atom is -0.315 e. The Bertz CT molecular complexity index is 115. The van der Waals surface area contributed by atoms with Crippen LogP contribution in [0.3, 0.4) is 0 Å². The predicted octanol–water partition coefficient (Wildman–Crippen LogP) is 2.10. The molecule has 0 saturated heterocycles. The maximum atomic E-state index is 3.38. The average Bonchev–Trinajstić information content (AvgIpc) is 2.13. The van der Waals surface area contributed by atoms with Crippen molar-refractivity contribution in [3.63, 3.8) is 0 Å². The van der Waals surface area contributed by atoms with Gasteiger partial charge < -0.3 is 5.32 Å². The van der Waals surface area contributed by atoms with Gasteiger partial charge in [-0.05, 0) is 33.9 Å². The summed E-state index contributed by atoms with van der Waals surface area (Å²) in [6.45, 7) is 11.2. The predicted molar refractivity (Wildman–Crippen MR) is 60.1 cm³/mol. The van der Waals surface area contributed by atoms with Crippen LogP contribution in [-0.2, 0) is 0 Å². The molecule has 2 heteroatoms. The van der Waals surface area contributed by atoms with Crippen LogP contribution in [0.1, 0.15) is 40.5 Å². The van der Waals surface area contributed by atoms with Crippen LogP contribution < -0.4 is 5.32 Å². The Morgan fingerprint density at radius 2 is 1.77 bits per heavy atom. The molecule has 0 radical (unpaired) electrons. The van der Waals surface area contributed by atoms with Gasteiger partial charge in [0.15, 0.2) is 0 Å². The van der Waals surface area contributed by atoms with Crippen LogP contribution in [-0.4, -0.2) is 37.1 Å². The Labute approximate surface area is 83.7 Å². The zero-order chi connectivity index (χ0) is 10.3. The van der Waals surface area contributed by atoms with Crippen molar-refractivity contribution < 1.29 is 0 Å². The fraction of sp³-hybridized carbons (Fsp3) is 1.00. The summed E-state index contributed by atoms with van der Waals surface area (Å²) >= 11 is 0. The molecule has 0 bridgehead atoms. The molecular weight excluding hydrogens is 160 g/mol. The molecule has 0 rings (SSSR count). The third-order valence-electron chi connectivity index (χ3n) is 2.79. The number of nitrogens with zero attached hydrogens (tertiary/aromatic N) is 1. The van der Waals surface area contributed by atoms with E-state index in [1.165, 1.54) is 12.8 Å². The van der Waals surface area contributed by atoms with Crippen molar-refractivity contribution in [2.75, 3.05) is 20.1 Å². The van der Waals surface area contributed by atoms with E-state index in [9.17, 15) is 0 Å². The van der Waals surface area contributed by atoms with E-state index in [1.54, 1.807) is 0 Å². The summed E-state index contributed by atoms with van der Waals surface area (Å²) in [5.74, 6) is 0. The molecule has 80 valence electrons. The summed E-state index contributed by atoms with van der Waals surface area (Å²) in [7, 11) is 2.22. The lowest BCUT2D eigenvalue weighted by Crippen LogP contribution is -2.42. The van der Waals surface area contributed by atoms with Crippen LogP contribution in [0.2, 0.25) is 0 Å². The lowest BCUT2D eigenvalue weighted by atomic mass is 10.1. The minimum atomic E-state index is 0.640. The maximum Gasteiger partial charge on any atom is 0.0192 e. The van der Waals surface area contributed by atoms with Crippen molar-refractivity contribution in [2.45, 2.75) is 52.6 Å². The molecule has 0 aliphatic carbocycles. The molecule has 0 aromatic heterocycles. The van der Waals surface area contributed by atoms with Gasteiger partial charge in [0.1, 0.15) is 0 Å². The number of hydrogen-bond donors (Lipinski definition) is 1. The van der Waals surface area contributed by atoms with Crippen LogP contribution in [0.15, 0.2) is 0 Å². The number of likely N-dealkylation sites (N-methyl/N-ethyl adjacent to an activating group) is 2. The third-order valence-corrected chi connectivity index (χ3v) is 2.79. The van der Waals surface area contributed by atoms with E-state index in [-0.39, 0.29) is 0 Å². The highest BCUT2D eigenvalue weighted by molar-refractivity contribution is 4.71. The van der Waals surface area contributed by atoms with E-state index in [0.29, 0.717) is 12.1 Å². The summed E-state index contributed by atoms with van der Waals surface area (Å²) < 4.78 is 0. The molecule has 0 spiro atoms. The summed E-state index contributed by atoms with van der Waals surface area (Å²) in [6.07, 6.45) is 2.58. The molecule has 0 heterocycles. The molecule has 0 aromatic carbocycles. The zero-order valence-corrected chi connectivity index (χ0v) is 9.93. The van der Waals surface area contributed by atoms with Crippen LogP contribution in [0.4, 0.5) is 0 Å². The first kappa shape index (κ1) is 12.9. The smallest absolute Gasteiger partial charge is 0.0192 e. The molecule has 0 saturated carbocycles. The van der Waals surface area contributed by atoms with Gasteiger partial charge in [0.05, 0.1) is 0 Å². The second kappa shape index (κ2) is 7.34. The van der Waals surface area contributed by atoms with Gasteiger partial charge in [-0.1, -0.05) is 20.3 Å². The molecule has 0 aromatic rings. The molecule has 1 N–H and O–H groups in total. The second-order valence-corrected chi connectivity index (χ2v) is 3.96. The highest BCUT2D eigenvalue weighted by Crippen LogP contribution is 2.07. The van der Waals surface area contributed by atoms with Crippen molar-refractivity contribution in [2.24, 2.45) is 0 Å². The molecule has 2 nitrogen and oxygen atoms in total. The van der Waals surface area contributed by atoms with Crippen molar-refractivity contribution in [1.29, 1.82) is 0 Å². The molecule has 0 aliphatic heterocycles. The highest BCUT2D eigenvalue weighted by Gasteiger charge is 2.13. The van der Waals surface area contributed by atoms with E-state index in [1.807, 2.05) is 0 Å². The molecule has 2 unspecified atom stereocenters. The second-order valence-electron chi connectivity index (χ2n) is 3.96. The Hall–Kier alpha value is -0.0800. The topological polar surface area (TPSA) is 15.3 Å². The third kappa shape index (κ3) is 5.27. The first-order chi connectivity index (χ1) is 6.13.